The molecule has 0 saturated carbocycles. The lowest BCUT2D eigenvalue weighted by Gasteiger charge is -2.31. The van der Waals surface area contributed by atoms with Crippen molar-refractivity contribution in [2.24, 2.45) is 22.9 Å². The summed E-state index contributed by atoms with van der Waals surface area (Å²) in [4.78, 5) is 0. The predicted octanol–water partition coefficient (Wildman–Crippen LogP) is 3.86. The minimum absolute atomic E-state index is 0.376. The van der Waals surface area contributed by atoms with Crippen molar-refractivity contribution in [2.75, 3.05) is 0 Å². The molecule has 0 saturated heterocycles. The van der Waals surface area contributed by atoms with Crippen LogP contribution < -0.4 is 0 Å². The van der Waals surface area contributed by atoms with Crippen molar-refractivity contribution in [3.05, 3.63) is 11.6 Å². The molecule has 0 unspecified atom stereocenters. The van der Waals surface area contributed by atoms with E-state index in [1.54, 1.807) is 0 Å². The van der Waals surface area contributed by atoms with Gasteiger partial charge in [-0.05, 0) is 38.0 Å². The number of rotatable bonds is 3. The van der Waals surface area contributed by atoms with E-state index in [-0.39, 0.29) is 0 Å². The van der Waals surface area contributed by atoms with E-state index in [1.807, 2.05) is 0 Å². The Morgan fingerprint density at radius 1 is 1.60 bits per heavy atom. The maximum Gasteiger partial charge on any atom is 0.0639 e. The number of hydrogen-bond acceptors (Lipinski definition) is 2. The Morgan fingerprint density at radius 3 is 2.73 bits per heavy atom. The Labute approximate surface area is 93.1 Å². The monoisotopic (exact) mass is 209 g/mol. The summed E-state index contributed by atoms with van der Waals surface area (Å²) in [5, 5.41) is 12.4. The third kappa shape index (κ3) is 2.83. The maximum absolute atomic E-state index is 8.98. The highest BCUT2D eigenvalue weighted by atomic mass is 16.4. The van der Waals surface area contributed by atoms with Crippen molar-refractivity contribution in [2.45, 2.75) is 47.0 Å². The van der Waals surface area contributed by atoms with Crippen molar-refractivity contribution in [3.8, 4) is 0 Å². The first-order valence-corrected chi connectivity index (χ1v) is 5.97. The average molecular weight is 209 g/mol. The summed E-state index contributed by atoms with van der Waals surface area (Å²) in [5.74, 6) is 1.83. The second-order valence-electron chi connectivity index (χ2n) is 4.92. The van der Waals surface area contributed by atoms with E-state index >= 15 is 0 Å². The van der Waals surface area contributed by atoms with Crippen LogP contribution in [0.25, 0.3) is 0 Å². The van der Waals surface area contributed by atoms with Gasteiger partial charge in [0.2, 0.25) is 0 Å². The van der Waals surface area contributed by atoms with E-state index in [4.69, 9.17) is 5.21 Å². The molecule has 0 heterocycles. The van der Waals surface area contributed by atoms with Crippen LogP contribution in [0.2, 0.25) is 0 Å². The Balaban J connectivity index is 2.80. The topological polar surface area (TPSA) is 32.6 Å². The molecular weight excluding hydrogens is 186 g/mol. The van der Waals surface area contributed by atoms with Crippen LogP contribution in [0, 0.1) is 17.8 Å². The molecule has 1 N–H and O–H groups in total. The molecule has 1 aliphatic carbocycles. The lowest BCUT2D eigenvalue weighted by molar-refractivity contribution is 0.300. The molecule has 15 heavy (non-hydrogen) atoms. The standard InChI is InChI=1S/C13H23NO/c1-5-13(14-15)12-8-11(9(2)3)7-6-10(12)4/h6,9,11-12,15H,5,7-8H2,1-4H3/b14-13-/t11-,12-/m0/s1. The smallest absolute Gasteiger partial charge is 0.0639 e. The number of hydrogen-bond donors (Lipinski definition) is 1. The van der Waals surface area contributed by atoms with Gasteiger partial charge in [0.25, 0.3) is 0 Å². The van der Waals surface area contributed by atoms with Crippen molar-refractivity contribution in [1.82, 2.24) is 0 Å². The van der Waals surface area contributed by atoms with E-state index in [9.17, 15) is 0 Å². The lowest BCUT2D eigenvalue weighted by atomic mass is 9.74. The fraction of sp³-hybridized carbons (Fsp3) is 0.769. The molecule has 0 spiro atoms. The molecule has 0 aromatic heterocycles. The zero-order valence-electron chi connectivity index (χ0n) is 10.3. The largest absolute Gasteiger partial charge is 0.411 e. The molecule has 0 aromatic rings. The summed E-state index contributed by atoms with van der Waals surface area (Å²) in [7, 11) is 0. The Morgan fingerprint density at radius 2 is 2.27 bits per heavy atom. The van der Waals surface area contributed by atoms with Crippen molar-refractivity contribution in [3.63, 3.8) is 0 Å². The summed E-state index contributed by atoms with van der Waals surface area (Å²) in [6.07, 6.45) is 5.49. The van der Waals surface area contributed by atoms with Crippen LogP contribution in [0.15, 0.2) is 16.8 Å². The zero-order valence-corrected chi connectivity index (χ0v) is 10.3. The molecule has 0 fully saturated rings. The molecule has 2 atom stereocenters. The van der Waals surface area contributed by atoms with E-state index in [0.29, 0.717) is 11.8 Å². The Bertz CT molecular complexity index is 266. The molecule has 0 aliphatic heterocycles. The van der Waals surface area contributed by atoms with Gasteiger partial charge >= 0.3 is 0 Å². The molecule has 1 rings (SSSR count). The summed E-state index contributed by atoms with van der Waals surface area (Å²) in [6, 6.07) is 0. The van der Waals surface area contributed by atoms with Crippen LogP contribution in [-0.4, -0.2) is 10.9 Å². The van der Waals surface area contributed by atoms with E-state index in [0.717, 1.165) is 24.5 Å². The highest BCUT2D eigenvalue weighted by Crippen LogP contribution is 2.34. The second kappa shape index (κ2) is 5.34. The van der Waals surface area contributed by atoms with Crippen LogP contribution in [-0.2, 0) is 0 Å². The third-order valence-corrected chi connectivity index (χ3v) is 3.67. The number of allylic oxidation sites excluding steroid dienone is 2. The maximum atomic E-state index is 8.98. The van der Waals surface area contributed by atoms with Gasteiger partial charge in [-0.15, -0.1) is 0 Å². The first-order chi connectivity index (χ1) is 7.10. The molecule has 1 aliphatic rings. The molecule has 86 valence electrons. The first kappa shape index (κ1) is 12.3. The molecule has 0 amide bonds. The van der Waals surface area contributed by atoms with Gasteiger partial charge in [0.1, 0.15) is 0 Å². The summed E-state index contributed by atoms with van der Waals surface area (Å²) < 4.78 is 0. The van der Waals surface area contributed by atoms with E-state index in [2.05, 4.69) is 38.9 Å². The first-order valence-electron chi connectivity index (χ1n) is 5.97. The van der Waals surface area contributed by atoms with E-state index < -0.39 is 0 Å². The molecule has 2 nitrogen and oxygen atoms in total. The normalized spacial score (nSPS) is 28.1. The van der Waals surface area contributed by atoms with Crippen LogP contribution in [0.5, 0.6) is 0 Å². The van der Waals surface area contributed by atoms with Gasteiger partial charge < -0.3 is 5.21 Å². The third-order valence-electron chi connectivity index (χ3n) is 3.67. The second-order valence-corrected chi connectivity index (χ2v) is 4.92. The Kier molecular flexibility index (Phi) is 4.37. The SMILES string of the molecule is CC/C(=N/O)[C@H]1C[C@@H](C(C)C)CC=C1C. The Hall–Kier alpha value is -0.790. The van der Waals surface area contributed by atoms with E-state index in [1.165, 1.54) is 12.0 Å². The van der Waals surface area contributed by atoms with Crippen LogP contribution in [0.4, 0.5) is 0 Å². The fourth-order valence-corrected chi connectivity index (χ4v) is 2.39. The number of oxime groups is 1. The van der Waals surface area contributed by atoms with Crippen molar-refractivity contribution >= 4 is 5.71 Å². The molecule has 0 aromatic carbocycles. The van der Waals surface area contributed by atoms with Gasteiger partial charge in [-0.2, -0.15) is 0 Å². The van der Waals surface area contributed by atoms with Gasteiger partial charge in [0.15, 0.2) is 0 Å². The molecular formula is C13H23NO. The van der Waals surface area contributed by atoms with Gasteiger partial charge in [-0.1, -0.05) is 37.6 Å². The quantitative estimate of drug-likeness (QED) is 0.325. The highest BCUT2D eigenvalue weighted by molar-refractivity contribution is 5.88. The molecule has 0 bridgehead atoms. The molecule has 2 heteroatoms. The highest BCUT2D eigenvalue weighted by Gasteiger charge is 2.27. The predicted molar refractivity (Wildman–Crippen MR) is 64.3 cm³/mol. The van der Waals surface area contributed by atoms with Crippen LogP contribution in [0.1, 0.15) is 47.0 Å². The minimum Gasteiger partial charge on any atom is -0.411 e. The lowest BCUT2D eigenvalue weighted by Crippen LogP contribution is -2.25. The van der Waals surface area contributed by atoms with Crippen LogP contribution in [0.3, 0.4) is 0 Å². The summed E-state index contributed by atoms with van der Waals surface area (Å²) in [6.45, 7) is 8.76. The van der Waals surface area contributed by atoms with Crippen LogP contribution >= 0.6 is 0 Å². The van der Waals surface area contributed by atoms with Gasteiger partial charge in [0, 0.05) is 5.92 Å². The van der Waals surface area contributed by atoms with Gasteiger partial charge in [0.05, 0.1) is 5.71 Å². The van der Waals surface area contributed by atoms with Gasteiger partial charge in [-0.3, -0.25) is 0 Å². The number of nitrogens with zero attached hydrogens (tertiary/aromatic N) is 1. The summed E-state index contributed by atoms with van der Waals surface area (Å²) in [5.41, 5.74) is 2.32. The van der Waals surface area contributed by atoms with Gasteiger partial charge in [-0.25, -0.2) is 0 Å². The molecule has 0 radical (unpaired) electrons. The van der Waals surface area contributed by atoms with Crippen molar-refractivity contribution in [1.29, 1.82) is 0 Å². The summed E-state index contributed by atoms with van der Waals surface area (Å²) >= 11 is 0. The van der Waals surface area contributed by atoms with Crippen molar-refractivity contribution < 1.29 is 5.21 Å². The zero-order chi connectivity index (χ0) is 11.4. The average Bonchev–Trinajstić information content (AvgIpc) is 2.22. The minimum atomic E-state index is 0.376. The fourth-order valence-electron chi connectivity index (χ4n) is 2.39.